The Kier molecular flexibility index (Phi) is 15.9. The van der Waals surface area contributed by atoms with Crippen LogP contribution in [0, 0.1) is 13.8 Å². The number of methoxy groups -OCH3 is 2. The lowest BCUT2D eigenvalue weighted by Crippen LogP contribution is -2.25. The van der Waals surface area contributed by atoms with E-state index in [1.54, 1.807) is 25.3 Å². The van der Waals surface area contributed by atoms with E-state index in [0.717, 1.165) is 45.6 Å². The van der Waals surface area contributed by atoms with Crippen LogP contribution in [0.1, 0.15) is 126 Å². The molecule has 7 aromatic carbocycles. The van der Waals surface area contributed by atoms with Gasteiger partial charge < -0.3 is 19.3 Å². The minimum Gasteiger partial charge on any atom is -0.497 e. The first-order valence-corrected chi connectivity index (χ1v) is 25.3. The maximum atomic E-state index is 5.60. The summed E-state index contributed by atoms with van der Waals surface area (Å²) in [6.07, 6.45) is 18.3. The van der Waals surface area contributed by atoms with Crippen molar-refractivity contribution in [3.8, 4) is 33.8 Å². The Bertz CT molecular complexity index is 2610. The van der Waals surface area contributed by atoms with Crippen LogP contribution in [-0.4, -0.2) is 14.2 Å². The van der Waals surface area contributed by atoms with Gasteiger partial charge in [0.05, 0.1) is 14.2 Å². The fourth-order valence-corrected chi connectivity index (χ4v) is 10.5. The van der Waals surface area contributed by atoms with Crippen LogP contribution in [0.15, 0.2) is 158 Å². The number of hydrogen-bond donors (Lipinski definition) is 0. The first-order valence-electron chi connectivity index (χ1n) is 25.3. The van der Waals surface area contributed by atoms with Crippen molar-refractivity contribution in [1.29, 1.82) is 0 Å². The van der Waals surface area contributed by atoms with Crippen LogP contribution in [0.2, 0.25) is 0 Å². The molecule has 0 radical (unpaired) electrons. The molecule has 0 atom stereocenters. The van der Waals surface area contributed by atoms with Gasteiger partial charge in [0, 0.05) is 39.5 Å². The molecular formula is C63H72N2O2. The van der Waals surface area contributed by atoms with Gasteiger partial charge in [0.2, 0.25) is 0 Å². The van der Waals surface area contributed by atoms with Crippen molar-refractivity contribution >= 4 is 34.1 Å². The van der Waals surface area contributed by atoms with Gasteiger partial charge in [-0.15, -0.1) is 0 Å². The number of unbranched alkanes of at least 4 members (excludes halogenated alkanes) is 10. The van der Waals surface area contributed by atoms with Gasteiger partial charge in [0.15, 0.2) is 0 Å². The summed E-state index contributed by atoms with van der Waals surface area (Å²) < 4.78 is 11.1. The Hall–Kier alpha value is -6.26. The molecule has 7 aromatic rings. The van der Waals surface area contributed by atoms with Crippen LogP contribution in [0.3, 0.4) is 0 Å². The van der Waals surface area contributed by atoms with Crippen molar-refractivity contribution in [2.24, 2.45) is 0 Å². The number of fused-ring (bicyclic) bond motifs is 3. The lowest BCUT2D eigenvalue weighted by molar-refractivity contribution is 0.398. The van der Waals surface area contributed by atoms with Crippen LogP contribution < -0.4 is 19.3 Å². The van der Waals surface area contributed by atoms with Crippen molar-refractivity contribution in [3.63, 3.8) is 0 Å². The minimum atomic E-state index is 0.0435. The second kappa shape index (κ2) is 22.5. The largest absolute Gasteiger partial charge is 0.497 e. The van der Waals surface area contributed by atoms with Gasteiger partial charge in [0.1, 0.15) is 11.5 Å². The smallest absolute Gasteiger partial charge is 0.119 e. The third kappa shape index (κ3) is 10.8. The summed E-state index contributed by atoms with van der Waals surface area (Å²) in [6.45, 7) is 9.04. The maximum Gasteiger partial charge on any atom is 0.119 e. The molecule has 4 heteroatoms. The minimum absolute atomic E-state index is 0.0435. The quantitative estimate of drug-likeness (QED) is 0.0598. The average Bonchev–Trinajstić information content (AvgIpc) is 3.63. The summed E-state index contributed by atoms with van der Waals surface area (Å²) >= 11 is 0. The van der Waals surface area contributed by atoms with Crippen molar-refractivity contribution in [3.05, 3.63) is 180 Å². The zero-order valence-electron chi connectivity index (χ0n) is 41.1. The normalized spacial score (nSPS) is 12.4. The monoisotopic (exact) mass is 889 g/mol. The lowest BCUT2D eigenvalue weighted by atomic mass is 9.70. The molecule has 67 heavy (non-hydrogen) atoms. The number of benzene rings is 7. The van der Waals surface area contributed by atoms with E-state index in [0.29, 0.717) is 0 Å². The Balaban J connectivity index is 1.13. The van der Waals surface area contributed by atoms with E-state index in [1.165, 1.54) is 123 Å². The lowest BCUT2D eigenvalue weighted by Gasteiger charge is -2.33. The van der Waals surface area contributed by atoms with Gasteiger partial charge in [-0.05, 0) is 163 Å². The molecule has 4 nitrogen and oxygen atoms in total. The summed E-state index contributed by atoms with van der Waals surface area (Å²) in [7, 11) is 3.43. The highest BCUT2D eigenvalue weighted by atomic mass is 16.5. The first kappa shape index (κ1) is 47.2. The molecule has 1 aliphatic rings. The van der Waals surface area contributed by atoms with E-state index in [1.807, 2.05) is 24.3 Å². The molecule has 0 aromatic heterocycles. The van der Waals surface area contributed by atoms with Crippen LogP contribution in [0.5, 0.6) is 11.5 Å². The predicted octanol–water partition coefficient (Wildman–Crippen LogP) is 18.7. The number of anilines is 6. The fraction of sp³-hybridized carbons (Fsp3) is 0.333. The van der Waals surface area contributed by atoms with Crippen molar-refractivity contribution < 1.29 is 9.47 Å². The summed E-state index contributed by atoms with van der Waals surface area (Å²) in [5, 5.41) is 0. The Morgan fingerprint density at radius 1 is 0.358 bits per heavy atom. The van der Waals surface area contributed by atoms with Crippen molar-refractivity contribution in [1.82, 2.24) is 0 Å². The number of aryl methyl sites for hydroxylation is 2. The average molecular weight is 889 g/mol. The summed E-state index contributed by atoms with van der Waals surface area (Å²) in [4.78, 5) is 4.63. The summed E-state index contributed by atoms with van der Waals surface area (Å²) in [5.74, 6) is 1.67. The second-order valence-corrected chi connectivity index (χ2v) is 18.9. The Morgan fingerprint density at radius 3 is 1.15 bits per heavy atom. The van der Waals surface area contributed by atoms with Gasteiger partial charge >= 0.3 is 0 Å². The van der Waals surface area contributed by atoms with Crippen molar-refractivity contribution in [2.45, 2.75) is 123 Å². The zero-order valence-corrected chi connectivity index (χ0v) is 41.1. The van der Waals surface area contributed by atoms with Crippen LogP contribution in [0.25, 0.3) is 22.3 Å². The molecule has 1 aliphatic carbocycles. The molecule has 0 aliphatic heterocycles. The van der Waals surface area contributed by atoms with Gasteiger partial charge in [-0.2, -0.15) is 0 Å². The van der Waals surface area contributed by atoms with Gasteiger partial charge in [-0.3, -0.25) is 0 Å². The van der Waals surface area contributed by atoms with Crippen molar-refractivity contribution in [2.75, 3.05) is 24.0 Å². The first-order chi connectivity index (χ1) is 32.8. The molecular weight excluding hydrogens is 817 g/mol. The third-order valence-corrected chi connectivity index (χ3v) is 14.2. The number of hydrogen-bond acceptors (Lipinski definition) is 4. The fourth-order valence-electron chi connectivity index (χ4n) is 10.5. The second-order valence-electron chi connectivity index (χ2n) is 18.9. The van der Waals surface area contributed by atoms with E-state index in [-0.39, 0.29) is 5.41 Å². The van der Waals surface area contributed by atoms with E-state index < -0.39 is 0 Å². The van der Waals surface area contributed by atoms with E-state index in [9.17, 15) is 0 Å². The SMILES string of the molecule is CCCCCCCCC1(CCCCCCCC)c2cc(C)ccc2-c2ccc(-c3ccc(N(c4ccc(OC)cc4)c4ccc(N(c5ccc(C)cc5)c5ccc(OC)cc5)cc4)cc3)cc21. The van der Waals surface area contributed by atoms with E-state index in [4.69, 9.17) is 9.47 Å². The standard InChI is InChI=1S/C63H72N2O2/c1-7-9-11-13-15-17-43-63(44-18-16-14-12-10-8-2)61-45-48(4)21-41-59(61)60-42-24-50(46-62(60)63)49-22-27-52(28-23-49)65(56-35-39-58(67-6)40-36-56)54-31-29-53(30-32-54)64(51-25-19-47(3)20-26-51)55-33-37-57(66-5)38-34-55/h19-42,45-46H,7-18,43-44H2,1-6H3. The molecule has 0 fully saturated rings. The number of rotatable bonds is 23. The molecule has 0 N–H and O–H groups in total. The highest BCUT2D eigenvalue weighted by Crippen LogP contribution is 2.55. The molecule has 0 unspecified atom stereocenters. The molecule has 0 heterocycles. The molecule has 0 saturated carbocycles. The van der Waals surface area contributed by atoms with Crippen LogP contribution in [-0.2, 0) is 5.41 Å². The highest BCUT2D eigenvalue weighted by Gasteiger charge is 2.42. The number of ether oxygens (including phenoxy) is 2. The zero-order chi connectivity index (χ0) is 46.6. The molecule has 0 amide bonds. The van der Waals surface area contributed by atoms with Crippen LogP contribution >= 0.6 is 0 Å². The highest BCUT2D eigenvalue weighted by molar-refractivity contribution is 5.86. The predicted molar refractivity (Wildman–Crippen MR) is 286 cm³/mol. The third-order valence-electron chi connectivity index (χ3n) is 14.2. The Labute approximate surface area is 402 Å². The molecule has 346 valence electrons. The van der Waals surface area contributed by atoms with E-state index in [2.05, 4.69) is 171 Å². The molecule has 0 spiro atoms. The Morgan fingerprint density at radius 2 is 0.701 bits per heavy atom. The number of nitrogens with zero attached hydrogens (tertiary/aromatic N) is 2. The molecule has 0 bridgehead atoms. The summed E-state index contributed by atoms with van der Waals surface area (Å²) in [6, 6.07) is 58.1. The molecule has 0 saturated heterocycles. The van der Waals surface area contributed by atoms with E-state index >= 15 is 0 Å². The maximum absolute atomic E-state index is 5.60. The van der Waals surface area contributed by atoms with Gasteiger partial charge in [-0.25, -0.2) is 0 Å². The van der Waals surface area contributed by atoms with Gasteiger partial charge in [0.25, 0.3) is 0 Å². The summed E-state index contributed by atoms with van der Waals surface area (Å²) in [5.41, 5.74) is 17.6. The van der Waals surface area contributed by atoms with Gasteiger partial charge in [-0.1, -0.05) is 157 Å². The topological polar surface area (TPSA) is 24.9 Å². The molecule has 8 rings (SSSR count). The van der Waals surface area contributed by atoms with Crippen LogP contribution in [0.4, 0.5) is 34.1 Å².